The molecule has 4 atom stereocenters. The first-order valence-electron chi connectivity index (χ1n) is 14.8. The molecule has 0 saturated carbocycles. The van der Waals surface area contributed by atoms with Crippen molar-refractivity contribution in [1.29, 1.82) is 0 Å². The molecule has 220 valence electrons. The third-order valence-electron chi connectivity index (χ3n) is 9.81. The number of aromatic hydroxyl groups is 1. The third kappa shape index (κ3) is 4.13. The molecule has 4 fully saturated rings. The van der Waals surface area contributed by atoms with Crippen molar-refractivity contribution in [1.82, 2.24) is 20.2 Å². The lowest BCUT2D eigenvalue weighted by molar-refractivity contribution is 0.107. The van der Waals surface area contributed by atoms with E-state index in [1.807, 2.05) is 0 Å². The summed E-state index contributed by atoms with van der Waals surface area (Å²) in [5.41, 5.74) is 0.00851. The Morgan fingerprint density at radius 2 is 2.02 bits per heavy atom. The molecule has 5 heterocycles. The van der Waals surface area contributed by atoms with Gasteiger partial charge in [-0.1, -0.05) is 18.1 Å². The molecule has 4 aliphatic heterocycles. The number of phenolic OH excluding ortho intramolecular Hbond substituents is 1. The zero-order valence-electron chi connectivity index (χ0n) is 23.4. The van der Waals surface area contributed by atoms with Gasteiger partial charge in [0.05, 0.1) is 11.1 Å². The molecular formula is C33H30F3N5O2. The van der Waals surface area contributed by atoms with Crippen LogP contribution in [0.5, 0.6) is 11.8 Å². The fourth-order valence-electron chi connectivity index (χ4n) is 7.86. The largest absolute Gasteiger partial charge is 0.508 e. The molecule has 10 heteroatoms. The summed E-state index contributed by atoms with van der Waals surface area (Å²) in [4.78, 5) is 13.7. The minimum absolute atomic E-state index is 0.0110. The van der Waals surface area contributed by atoms with E-state index in [0.29, 0.717) is 41.0 Å². The highest BCUT2D eigenvalue weighted by Gasteiger charge is 2.49. The zero-order valence-corrected chi connectivity index (χ0v) is 23.4. The Morgan fingerprint density at radius 3 is 2.81 bits per heavy atom. The van der Waals surface area contributed by atoms with Crippen molar-refractivity contribution < 1.29 is 23.0 Å². The van der Waals surface area contributed by atoms with Gasteiger partial charge in [-0.15, -0.1) is 6.42 Å². The van der Waals surface area contributed by atoms with E-state index in [0.717, 1.165) is 38.9 Å². The summed E-state index contributed by atoms with van der Waals surface area (Å²) in [5.74, 6) is 1.61. The van der Waals surface area contributed by atoms with Crippen molar-refractivity contribution in [2.75, 3.05) is 37.7 Å². The number of hydrogen-bond acceptors (Lipinski definition) is 7. The number of piperazine rings is 1. The predicted molar refractivity (Wildman–Crippen MR) is 158 cm³/mol. The summed E-state index contributed by atoms with van der Waals surface area (Å²) < 4.78 is 52.1. The molecule has 8 rings (SSSR count). The highest BCUT2D eigenvalue weighted by Crippen LogP contribution is 2.43. The van der Waals surface area contributed by atoms with Crippen LogP contribution in [0.2, 0.25) is 0 Å². The van der Waals surface area contributed by atoms with E-state index in [-0.39, 0.29) is 46.6 Å². The monoisotopic (exact) mass is 585 g/mol. The van der Waals surface area contributed by atoms with Crippen LogP contribution >= 0.6 is 0 Å². The van der Waals surface area contributed by atoms with Crippen molar-refractivity contribution >= 4 is 27.5 Å². The lowest BCUT2D eigenvalue weighted by Crippen LogP contribution is -2.44. The number of phenols is 1. The van der Waals surface area contributed by atoms with Gasteiger partial charge < -0.3 is 20.1 Å². The fraction of sp³-hybridized carbons (Fsp3) is 0.394. The summed E-state index contributed by atoms with van der Waals surface area (Å²) in [6.07, 6.45) is 7.93. The first kappa shape index (κ1) is 26.5. The molecule has 3 aromatic carbocycles. The standard InChI is InChI=1S/C33H30F3N5O2/c1-2-23-27(35)7-4-18-10-22(42)12-26(28(18)23)24-5-6-25-30(29(24)36)38-32(39-31(25)41-16-20-11-21(41)14-37-20)43-17-33-8-3-9-40(33)15-19(34)13-33/h1,4-7,10,12,19-21,37,42H,3,8-9,11,13-17H2/t19-,20-,21-,33+/m1/s1. The number of aromatic nitrogens is 2. The topological polar surface area (TPSA) is 73.8 Å². The van der Waals surface area contributed by atoms with Crippen molar-refractivity contribution in [3.05, 3.63) is 53.6 Å². The predicted octanol–water partition coefficient (Wildman–Crippen LogP) is 4.92. The number of fused-ring (bicyclic) bond motifs is 5. The normalized spacial score (nSPS) is 26.5. The molecule has 4 aliphatic rings. The van der Waals surface area contributed by atoms with Gasteiger partial charge >= 0.3 is 6.01 Å². The molecule has 0 radical (unpaired) electrons. The molecular weight excluding hydrogens is 555 g/mol. The molecule has 2 N–H and O–H groups in total. The second kappa shape index (κ2) is 9.73. The van der Waals surface area contributed by atoms with E-state index < -0.39 is 23.3 Å². The van der Waals surface area contributed by atoms with Crippen molar-refractivity contribution in [3.8, 4) is 35.2 Å². The molecule has 0 spiro atoms. The quantitative estimate of drug-likeness (QED) is 0.322. The number of anilines is 1. The molecule has 2 bridgehead atoms. The number of rotatable bonds is 5. The maximum Gasteiger partial charge on any atom is 0.319 e. The molecule has 1 aromatic heterocycles. The van der Waals surface area contributed by atoms with Gasteiger partial charge in [-0.3, -0.25) is 4.90 Å². The van der Waals surface area contributed by atoms with Crippen molar-refractivity contribution in [3.63, 3.8) is 0 Å². The number of benzene rings is 3. The Morgan fingerprint density at radius 1 is 1.14 bits per heavy atom. The number of nitrogens with one attached hydrogen (secondary N) is 1. The lowest BCUT2D eigenvalue weighted by atomic mass is 9.93. The highest BCUT2D eigenvalue weighted by molar-refractivity contribution is 6.04. The number of halogens is 3. The first-order valence-corrected chi connectivity index (χ1v) is 14.8. The molecule has 0 aliphatic carbocycles. The summed E-state index contributed by atoms with van der Waals surface area (Å²) >= 11 is 0. The van der Waals surface area contributed by atoms with Gasteiger partial charge in [-0.25, -0.2) is 13.2 Å². The number of nitrogens with zero attached hydrogens (tertiary/aromatic N) is 4. The maximum absolute atomic E-state index is 16.7. The molecule has 4 aromatic rings. The average molecular weight is 586 g/mol. The van der Waals surface area contributed by atoms with E-state index in [2.05, 4.69) is 26.0 Å². The number of terminal acetylenes is 1. The van der Waals surface area contributed by atoms with Crippen molar-refractivity contribution in [2.45, 2.75) is 49.5 Å². The highest BCUT2D eigenvalue weighted by atomic mass is 19.1. The van der Waals surface area contributed by atoms with Crippen LogP contribution in [-0.2, 0) is 0 Å². The Balaban J connectivity index is 1.28. The van der Waals surface area contributed by atoms with E-state index in [9.17, 15) is 13.9 Å². The van der Waals surface area contributed by atoms with Gasteiger partial charge in [0.15, 0.2) is 5.82 Å². The molecule has 0 amide bonds. The SMILES string of the molecule is C#Cc1c(F)ccc2cc(O)cc(-c3ccc4c(N5C[C@H]6C[C@@H]5CN6)nc(OC[C@@]56CCCN5C[C@H](F)C6)nc4c3F)c12. The van der Waals surface area contributed by atoms with Gasteiger partial charge in [-0.05, 0) is 61.0 Å². The van der Waals surface area contributed by atoms with Gasteiger partial charge in [-0.2, -0.15) is 9.97 Å². The van der Waals surface area contributed by atoms with E-state index in [4.69, 9.17) is 16.1 Å². The smallest absolute Gasteiger partial charge is 0.319 e. The summed E-state index contributed by atoms with van der Waals surface area (Å²) in [6, 6.07) is 9.54. The summed E-state index contributed by atoms with van der Waals surface area (Å²) in [6.45, 7) is 2.97. The van der Waals surface area contributed by atoms with Gasteiger partial charge in [0, 0.05) is 54.5 Å². The number of alkyl halides is 1. The average Bonchev–Trinajstić information content (AvgIpc) is 3.77. The molecule has 0 unspecified atom stereocenters. The lowest BCUT2D eigenvalue weighted by Gasteiger charge is -2.32. The third-order valence-corrected chi connectivity index (χ3v) is 9.81. The van der Waals surface area contributed by atoms with Crippen LogP contribution in [0.15, 0.2) is 36.4 Å². The van der Waals surface area contributed by atoms with E-state index in [1.165, 1.54) is 24.3 Å². The van der Waals surface area contributed by atoms with Gasteiger partial charge in [0.25, 0.3) is 0 Å². The van der Waals surface area contributed by atoms with E-state index in [1.54, 1.807) is 12.1 Å². The zero-order chi connectivity index (χ0) is 29.5. The molecule has 4 saturated heterocycles. The summed E-state index contributed by atoms with van der Waals surface area (Å²) in [5, 5.41) is 15.3. The van der Waals surface area contributed by atoms with Crippen LogP contribution in [-0.4, -0.2) is 76.6 Å². The van der Waals surface area contributed by atoms with Crippen LogP contribution in [0.3, 0.4) is 0 Å². The van der Waals surface area contributed by atoms with Crippen molar-refractivity contribution in [2.24, 2.45) is 0 Å². The Bertz CT molecular complexity index is 1840. The van der Waals surface area contributed by atoms with Crippen LogP contribution < -0.4 is 15.0 Å². The number of ether oxygens (including phenoxy) is 1. The molecule has 43 heavy (non-hydrogen) atoms. The van der Waals surface area contributed by atoms with Crippen LogP contribution in [0.4, 0.5) is 19.0 Å². The van der Waals surface area contributed by atoms with Gasteiger partial charge in [0.1, 0.15) is 35.7 Å². The Hall–Kier alpha value is -4.07. The Kier molecular flexibility index (Phi) is 6.01. The van der Waals surface area contributed by atoms with Crippen LogP contribution in [0.1, 0.15) is 31.2 Å². The fourth-order valence-corrected chi connectivity index (χ4v) is 7.86. The van der Waals surface area contributed by atoms with Gasteiger partial charge in [0.2, 0.25) is 0 Å². The first-order chi connectivity index (χ1) is 20.8. The van der Waals surface area contributed by atoms with Crippen LogP contribution in [0, 0.1) is 24.0 Å². The maximum atomic E-state index is 16.7. The Labute approximate surface area is 246 Å². The van der Waals surface area contributed by atoms with E-state index >= 15 is 4.39 Å². The molecule has 7 nitrogen and oxygen atoms in total. The second-order valence-corrected chi connectivity index (χ2v) is 12.3. The second-order valence-electron chi connectivity index (χ2n) is 12.3. The minimum atomic E-state index is -0.903. The number of hydrogen-bond donors (Lipinski definition) is 2. The summed E-state index contributed by atoms with van der Waals surface area (Å²) in [7, 11) is 0. The van der Waals surface area contributed by atoms with Crippen LogP contribution in [0.25, 0.3) is 32.8 Å². The minimum Gasteiger partial charge on any atom is -0.508 e.